The highest BCUT2D eigenvalue weighted by Crippen LogP contribution is 2.18. The number of rotatable bonds is 9. The SMILES string of the molecule is CNCCCNC(=O)CCOc1ccc(C(C)C)cc1.Cl. The average molecular weight is 315 g/mol. The zero-order valence-electron chi connectivity index (χ0n) is 13.1. The first kappa shape index (κ1) is 19.7. The summed E-state index contributed by atoms with van der Waals surface area (Å²) in [4.78, 5) is 11.5. The molecule has 0 saturated heterocycles. The molecule has 0 spiro atoms. The molecule has 0 aromatic heterocycles. The van der Waals surface area contributed by atoms with Gasteiger partial charge in [-0.1, -0.05) is 26.0 Å². The van der Waals surface area contributed by atoms with E-state index in [1.165, 1.54) is 5.56 Å². The van der Waals surface area contributed by atoms with Crippen molar-refractivity contribution in [2.24, 2.45) is 0 Å². The minimum atomic E-state index is 0. The number of nitrogens with one attached hydrogen (secondary N) is 2. The maximum Gasteiger partial charge on any atom is 0.223 e. The minimum absolute atomic E-state index is 0. The molecule has 0 bridgehead atoms. The van der Waals surface area contributed by atoms with Gasteiger partial charge in [0.25, 0.3) is 0 Å². The molecule has 5 heteroatoms. The Labute approximate surface area is 134 Å². The highest BCUT2D eigenvalue weighted by molar-refractivity contribution is 5.85. The van der Waals surface area contributed by atoms with Crippen LogP contribution in [-0.2, 0) is 4.79 Å². The van der Waals surface area contributed by atoms with E-state index in [1.54, 1.807) is 0 Å². The number of carbonyl (C=O) groups excluding carboxylic acids is 1. The standard InChI is InChI=1S/C16H26N2O2.ClH/c1-13(2)14-5-7-15(8-6-14)20-12-9-16(19)18-11-4-10-17-3;/h5-8,13,17H,4,9-12H2,1-3H3,(H,18,19);1H. The van der Waals surface area contributed by atoms with Gasteiger partial charge in [-0.25, -0.2) is 0 Å². The lowest BCUT2D eigenvalue weighted by Gasteiger charge is -2.09. The smallest absolute Gasteiger partial charge is 0.223 e. The predicted molar refractivity (Wildman–Crippen MR) is 89.4 cm³/mol. The lowest BCUT2D eigenvalue weighted by molar-refractivity contribution is -0.121. The van der Waals surface area contributed by atoms with E-state index < -0.39 is 0 Å². The molecule has 21 heavy (non-hydrogen) atoms. The fourth-order valence-corrected chi connectivity index (χ4v) is 1.79. The van der Waals surface area contributed by atoms with E-state index in [4.69, 9.17) is 4.74 Å². The van der Waals surface area contributed by atoms with Gasteiger partial charge in [-0.2, -0.15) is 0 Å². The molecule has 1 rings (SSSR count). The molecular formula is C16H27ClN2O2. The third-order valence-electron chi connectivity index (χ3n) is 3.07. The summed E-state index contributed by atoms with van der Waals surface area (Å²) in [5, 5.41) is 5.91. The van der Waals surface area contributed by atoms with Crippen molar-refractivity contribution in [2.45, 2.75) is 32.6 Å². The summed E-state index contributed by atoms with van der Waals surface area (Å²) in [7, 11) is 1.90. The number of hydrogen-bond donors (Lipinski definition) is 2. The summed E-state index contributed by atoms with van der Waals surface area (Å²) in [6.45, 7) is 6.36. The first-order valence-electron chi connectivity index (χ1n) is 7.27. The van der Waals surface area contributed by atoms with Gasteiger partial charge < -0.3 is 15.4 Å². The molecule has 0 unspecified atom stereocenters. The average Bonchev–Trinajstić information content (AvgIpc) is 2.44. The van der Waals surface area contributed by atoms with Gasteiger partial charge in [0.2, 0.25) is 5.91 Å². The third-order valence-corrected chi connectivity index (χ3v) is 3.07. The maximum atomic E-state index is 11.5. The molecule has 4 nitrogen and oxygen atoms in total. The number of halogens is 1. The van der Waals surface area contributed by atoms with Crippen LogP contribution >= 0.6 is 12.4 Å². The summed E-state index contributed by atoms with van der Waals surface area (Å²) in [5.74, 6) is 1.38. The molecule has 120 valence electrons. The van der Waals surface area contributed by atoms with Gasteiger partial charge in [-0.3, -0.25) is 4.79 Å². The summed E-state index contributed by atoms with van der Waals surface area (Å²) < 4.78 is 5.57. The second-order valence-electron chi connectivity index (χ2n) is 5.13. The Kier molecular flexibility index (Phi) is 10.7. The van der Waals surface area contributed by atoms with E-state index in [-0.39, 0.29) is 18.3 Å². The van der Waals surface area contributed by atoms with E-state index >= 15 is 0 Å². The van der Waals surface area contributed by atoms with Crippen LogP contribution in [0.5, 0.6) is 5.75 Å². The highest BCUT2D eigenvalue weighted by Gasteiger charge is 2.02. The van der Waals surface area contributed by atoms with Crippen LogP contribution in [0.25, 0.3) is 0 Å². The molecule has 0 fully saturated rings. The van der Waals surface area contributed by atoms with Crippen LogP contribution in [0.1, 0.15) is 38.2 Å². The Hall–Kier alpha value is -1.26. The van der Waals surface area contributed by atoms with Crippen LogP contribution in [-0.4, -0.2) is 32.7 Å². The van der Waals surface area contributed by atoms with Gasteiger partial charge in [0.05, 0.1) is 13.0 Å². The number of hydrogen-bond acceptors (Lipinski definition) is 3. The molecule has 0 aliphatic rings. The van der Waals surface area contributed by atoms with Crippen molar-refractivity contribution in [3.8, 4) is 5.75 Å². The van der Waals surface area contributed by atoms with Crippen molar-refractivity contribution in [1.82, 2.24) is 10.6 Å². The zero-order chi connectivity index (χ0) is 14.8. The van der Waals surface area contributed by atoms with Gasteiger partial charge in [-0.05, 0) is 43.6 Å². The normalized spacial score (nSPS) is 10.1. The van der Waals surface area contributed by atoms with Gasteiger partial charge in [0.15, 0.2) is 0 Å². The Balaban J connectivity index is 0.00000400. The fraction of sp³-hybridized carbons (Fsp3) is 0.562. The van der Waals surface area contributed by atoms with Crippen molar-refractivity contribution < 1.29 is 9.53 Å². The monoisotopic (exact) mass is 314 g/mol. The van der Waals surface area contributed by atoms with Crippen molar-refractivity contribution >= 4 is 18.3 Å². The van der Waals surface area contributed by atoms with Crippen LogP contribution in [0.2, 0.25) is 0 Å². The molecule has 1 aromatic carbocycles. The zero-order valence-corrected chi connectivity index (χ0v) is 14.0. The van der Waals surface area contributed by atoms with Crippen LogP contribution in [0, 0.1) is 0 Å². The summed E-state index contributed by atoms with van der Waals surface area (Å²) in [6, 6.07) is 8.05. The van der Waals surface area contributed by atoms with E-state index in [2.05, 4.69) is 36.6 Å². The second kappa shape index (κ2) is 11.4. The Morgan fingerprint density at radius 3 is 2.43 bits per heavy atom. The van der Waals surface area contributed by atoms with Crippen molar-refractivity contribution in [3.63, 3.8) is 0 Å². The van der Waals surface area contributed by atoms with Crippen LogP contribution in [0.3, 0.4) is 0 Å². The van der Waals surface area contributed by atoms with E-state index in [0.717, 1.165) is 18.7 Å². The van der Waals surface area contributed by atoms with Crippen LogP contribution in [0.15, 0.2) is 24.3 Å². The summed E-state index contributed by atoms with van der Waals surface area (Å²) in [5.41, 5.74) is 1.29. The molecule has 2 N–H and O–H groups in total. The van der Waals surface area contributed by atoms with Crippen molar-refractivity contribution in [3.05, 3.63) is 29.8 Å². The number of benzene rings is 1. The van der Waals surface area contributed by atoms with Crippen molar-refractivity contribution in [2.75, 3.05) is 26.7 Å². The first-order chi connectivity index (χ1) is 9.63. The van der Waals surface area contributed by atoms with Gasteiger partial charge in [0.1, 0.15) is 5.75 Å². The number of ether oxygens (including phenoxy) is 1. The van der Waals surface area contributed by atoms with Gasteiger partial charge in [0, 0.05) is 6.54 Å². The Morgan fingerprint density at radius 2 is 1.86 bits per heavy atom. The summed E-state index contributed by atoms with van der Waals surface area (Å²) >= 11 is 0. The van der Waals surface area contributed by atoms with Crippen LogP contribution < -0.4 is 15.4 Å². The quantitative estimate of drug-likeness (QED) is 0.689. The second-order valence-corrected chi connectivity index (χ2v) is 5.13. The summed E-state index contributed by atoms with van der Waals surface area (Å²) in [6.07, 6.45) is 1.34. The fourth-order valence-electron chi connectivity index (χ4n) is 1.79. The molecule has 0 atom stereocenters. The third kappa shape index (κ3) is 8.58. The molecule has 0 aliphatic carbocycles. The Bertz CT molecular complexity index is 394. The van der Waals surface area contributed by atoms with Crippen LogP contribution in [0.4, 0.5) is 0 Å². The molecule has 0 aliphatic heterocycles. The Morgan fingerprint density at radius 1 is 1.19 bits per heavy atom. The molecule has 0 heterocycles. The highest BCUT2D eigenvalue weighted by atomic mass is 35.5. The molecule has 0 radical (unpaired) electrons. The molecule has 0 saturated carbocycles. The van der Waals surface area contributed by atoms with E-state index in [1.807, 2.05) is 19.2 Å². The topological polar surface area (TPSA) is 50.4 Å². The number of carbonyl (C=O) groups is 1. The molecular weight excluding hydrogens is 288 g/mol. The predicted octanol–water partition coefficient (Wildman–Crippen LogP) is 2.73. The number of amides is 1. The van der Waals surface area contributed by atoms with Gasteiger partial charge >= 0.3 is 0 Å². The molecule has 1 amide bonds. The molecule has 1 aromatic rings. The largest absolute Gasteiger partial charge is 0.493 e. The minimum Gasteiger partial charge on any atom is -0.493 e. The van der Waals surface area contributed by atoms with Crippen molar-refractivity contribution in [1.29, 1.82) is 0 Å². The lowest BCUT2D eigenvalue weighted by Crippen LogP contribution is -2.27. The maximum absolute atomic E-state index is 11.5. The first-order valence-corrected chi connectivity index (χ1v) is 7.27. The van der Waals surface area contributed by atoms with E-state index in [9.17, 15) is 4.79 Å². The lowest BCUT2D eigenvalue weighted by atomic mass is 10.0. The van der Waals surface area contributed by atoms with E-state index in [0.29, 0.717) is 25.5 Å². The van der Waals surface area contributed by atoms with Gasteiger partial charge in [-0.15, -0.1) is 12.4 Å².